The highest BCUT2D eigenvalue weighted by Gasteiger charge is 2.26. The Morgan fingerprint density at radius 1 is 0.737 bits per heavy atom. The molecule has 0 spiro atoms. The van der Waals surface area contributed by atoms with Gasteiger partial charge < -0.3 is 0 Å². The molecule has 0 unspecified atom stereocenters. The molecule has 1 aliphatic heterocycles. The SMILES string of the molecule is c1ccc(C(c2ccccc2)C2CC[N]CC2)cc1. The van der Waals surface area contributed by atoms with E-state index >= 15 is 0 Å². The summed E-state index contributed by atoms with van der Waals surface area (Å²) < 4.78 is 0. The normalized spacial score (nSPS) is 16.7. The Morgan fingerprint density at radius 2 is 1.21 bits per heavy atom. The van der Waals surface area contributed by atoms with E-state index in [-0.39, 0.29) is 0 Å². The molecule has 1 heteroatoms. The minimum Gasteiger partial charge on any atom is -0.242 e. The summed E-state index contributed by atoms with van der Waals surface area (Å²) in [5, 5.41) is 4.50. The van der Waals surface area contributed by atoms with E-state index in [1.165, 1.54) is 24.0 Å². The zero-order chi connectivity index (χ0) is 12.9. The summed E-state index contributed by atoms with van der Waals surface area (Å²) in [6.45, 7) is 2.06. The molecule has 1 saturated heterocycles. The predicted molar refractivity (Wildman–Crippen MR) is 79.3 cm³/mol. The van der Waals surface area contributed by atoms with Crippen LogP contribution in [0.5, 0.6) is 0 Å². The Labute approximate surface area is 115 Å². The van der Waals surface area contributed by atoms with Gasteiger partial charge in [0.05, 0.1) is 0 Å². The maximum absolute atomic E-state index is 4.50. The van der Waals surface area contributed by atoms with Gasteiger partial charge >= 0.3 is 0 Å². The molecule has 1 radical (unpaired) electrons. The van der Waals surface area contributed by atoms with Crippen LogP contribution in [0.4, 0.5) is 0 Å². The average Bonchev–Trinajstić information content (AvgIpc) is 2.51. The molecule has 1 heterocycles. The summed E-state index contributed by atoms with van der Waals surface area (Å²) in [6, 6.07) is 21.9. The monoisotopic (exact) mass is 250 g/mol. The molecule has 0 N–H and O–H groups in total. The van der Waals surface area contributed by atoms with Crippen LogP contribution in [0.15, 0.2) is 60.7 Å². The van der Waals surface area contributed by atoms with E-state index in [0.717, 1.165) is 19.0 Å². The summed E-state index contributed by atoms with van der Waals surface area (Å²) in [5.74, 6) is 1.25. The van der Waals surface area contributed by atoms with E-state index in [4.69, 9.17) is 0 Å². The quantitative estimate of drug-likeness (QED) is 0.786. The lowest BCUT2D eigenvalue weighted by Crippen LogP contribution is -2.27. The second-order valence-corrected chi connectivity index (χ2v) is 5.31. The standard InChI is InChI=1S/C18H20N/c1-3-7-15(8-4-1)18(16-9-5-2-6-10-16)17-11-13-19-14-12-17/h1-10,17-18H,11-14H2. The van der Waals surface area contributed by atoms with Crippen LogP contribution in [-0.4, -0.2) is 13.1 Å². The van der Waals surface area contributed by atoms with Gasteiger partial charge in [0.1, 0.15) is 0 Å². The van der Waals surface area contributed by atoms with Crippen molar-refractivity contribution in [1.29, 1.82) is 0 Å². The third-order valence-corrected chi connectivity index (χ3v) is 4.10. The third kappa shape index (κ3) is 2.87. The summed E-state index contributed by atoms with van der Waals surface area (Å²) >= 11 is 0. The van der Waals surface area contributed by atoms with Gasteiger partial charge in [0.2, 0.25) is 0 Å². The fourth-order valence-corrected chi connectivity index (χ4v) is 3.16. The molecule has 3 rings (SSSR count). The fraction of sp³-hybridized carbons (Fsp3) is 0.333. The highest BCUT2D eigenvalue weighted by molar-refractivity contribution is 5.33. The molecular formula is C18H20N. The van der Waals surface area contributed by atoms with Crippen LogP contribution in [0.1, 0.15) is 29.9 Å². The largest absolute Gasteiger partial charge is 0.242 e. The van der Waals surface area contributed by atoms with Gasteiger partial charge in [-0.15, -0.1) is 0 Å². The summed E-state index contributed by atoms with van der Waals surface area (Å²) in [6.07, 6.45) is 2.43. The van der Waals surface area contributed by atoms with Gasteiger partial charge in [-0.05, 0) is 29.9 Å². The zero-order valence-electron chi connectivity index (χ0n) is 11.2. The summed E-state index contributed by atoms with van der Waals surface area (Å²) in [7, 11) is 0. The van der Waals surface area contributed by atoms with Crippen LogP contribution in [0, 0.1) is 5.92 Å². The van der Waals surface area contributed by atoms with Crippen molar-refractivity contribution in [1.82, 2.24) is 5.32 Å². The number of benzene rings is 2. The van der Waals surface area contributed by atoms with Crippen LogP contribution >= 0.6 is 0 Å². The van der Waals surface area contributed by atoms with E-state index < -0.39 is 0 Å². The summed E-state index contributed by atoms with van der Waals surface area (Å²) in [5.41, 5.74) is 2.89. The van der Waals surface area contributed by atoms with Crippen LogP contribution in [0.25, 0.3) is 0 Å². The molecule has 0 saturated carbocycles. The molecule has 1 fully saturated rings. The van der Waals surface area contributed by atoms with Crippen molar-refractivity contribution < 1.29 is 0 Å². The number of rotatable bonds is 3. The Kier molecular flexibility index (Phi) is 3.95. The topological polar surface area (TPSA) is 14.1 Å². The zero-order valence-corrected chi connectivity index (χ0v) is 11.2. The molecule has 2 aromatic rings. The van der Waals surface area contributed by atoms with Gasteiger partial charge in [-0.2, -0.15) is 0 Å². The average molecular weight is 250 g/mol. The molecule has 97 valence electrons. The van der Waals surface area contributed by atoms with Crippen LogP contribution < -0.4 is 5.32 Å². The first kappa shape index (κ1) is 12.4. The van der Waals surface area contributed by atoms with Crippen molar-refractivity contribution in [3.63, 3.8) is 0 Å². The van der Waals surface area contributed by atoms with Crippen LogP contribution in [0.2, 0.25) is 0 Å². The first-order valence-electron chi connectivity index (χ1n) is 7.18. The van der Waals surface area contributed by atoms with Crippen LogP contribution in [-0.2, 0) is 0 Å². The maximum Gasteiger partial charge on any atom is 0.0136 e. The van der Waals surface area contributed by atoms with Gasteiger partial charge in [-0.25, -0.2) is 5.32 Å². The van der Waals surface area contributed by atoms with Crippen molar-refractivity contribution in [2.75, 3.05) is 13.1 Å². The lowest BCUT2D eigenvalue weighted by molar-refractivity contribution is 0.338. The molecule has 19 heavy (non-hydrogen) atoms. The lowest BCUT2D eigenvalue weighted by atomic mass is 9.76. The molecule has 1 aliphatic rings. The minimum absolute atomic E-state index is 0.526. The molecule has 1 nitrogen and oxygen atoms in total. The first-order valence-corrected chi connectivity index (χ1v) is 7.18. The van der Waals surface area contributed by atoms with Crippen molar-refractivity contribution in [2.24, 2.45) is 5.92 Å². The first-order chi connectivity index (χ1) is 9.45. The van der Waals surface area contributed by atoms with Gasteiger partial charge in [-0.3, -0.25) is 0 Å². The van der Waals surface area contributed by atoms with Crippen molar-refractivity contribution in [3.05, 3.63) is 71.8 Å². The van der Waals surface area contributed by atoms with Crippen molar-refractivity contribution in [3.8, 4) is 0 Å². The van der Waals surface area contributed by atoms with E-state index in [1.54, 1.807) is 0 Å². The van der Waals surface area contributed by atoms with E-state index in [0.29, 0.717) is 5.92 Å². The van der Waals surface area contributed by atoms with Gasteiger partial charge in [0, 0.05) is 19.0 Å². The van der Waals surface area contributed by atoms with Gasteiger partial charge in [0.25, 0.3) is 0 Å². The molecule has 0 bridgehead atoms. The number of hydrogen-bond donors (Lipinski definition) is 0. The highest BCUT2D eigenvalue weighted by atomic mass is 14.9. The lowest BCUT2D eigenvalue weighted by Gasteiger charge is -2.31. The Balaban J connectivity index is 1.96. The van der Waals surface area contributed by atoms with Crippen LogP contribution in [0.3, 0.4) is 0 Å². The van der Waals surface area contributed by atoms with Gasteiger partial charge in [-0.1, -0.05) is 60.7 Å². The fourth-order valence-electron chi connectivity index (χ4n) is 3.16. The van der Waals surface area contributed by atoms with E-state index in [9.17, 15) is 0 Å². The predicted octanol–water partition coefficient (Wildman–Crippen LogP) is 3.83. The molecule has 0 atom stereocenters. The third-order valence-electron chi connectivity index (χ3n) is 4.10. The molecule has 0 aromatic heterocycles. The molecule has 2 aromatic carbocycles. The second kappa shape index (κ2) is 6.03. The van der Waals surface area contributed by atoms with Gasteiger partial charge in [0.15, 0.2) is 0 Å². The Hall–Kier alpha value is -1.60. The summed E-state index contributed by atoms with van der Waals surface area (Å²) in [4.78, 5) is 0. The second-order valence-electron chi connectivity index (χ2n) is 5.31. The van der Waals surface area contributed by atoms with Crippen molar-refractivity contribution >= 4 is 0 Å². The highest BCUT2D eigenvalue weighted by Crippen LogP contribution is 2.36. The maximum atomic E-state index is 4.50. The molecule has 0 amide bonds. The number of nitrogens with zero attached hydrogens (tertiary/aromatic N) is 1. The molecular weight excluding hydrogens is 230 g/mol. The number of piperidine rings is 1. The smallest absolute Gasteiger partial charge is 0.0136 e. The van der Waals surface area contributed by atoms with Crippen molar-refractivity contribution in [2.45, 2.75) is 18.8 Å². The molecule has 0 aliphatic carbocycles. The van der Waals surface area contributed by atoms with E-state index in [2.05, 4.69) is 66.0 Å². The number of hydrogen-bond acceptors (Lipinski definition) is 0. The Morgan fingerprint density at radius 3 is 1.68 bits per heavy atom. The van der Waals surface area contributed by atoms with E-state index in [1.807, 2.05) is 0 Å². The Bertz CT molecular complexity index is 446. The minimum atomic E-state index is 0.526.